The van der Waals surface area contributed by atoms with Gasteiger partial charge in [0.15, 0.2) is 0 Å². The molecule has 0 radical (unpaired) electrons. The average molecular weight is 156 g/mol. The van der Waals surface area contributed by atoms with Crippen LogP contribution in [0.2, 0.25) is 0 Å². The van der Waals surface area contributed by atoms with Crippen LogP contribution < -0.4 is 0 Å². The van der Waals surface area contributed by atoms with E-state index in [9.17, 15) is 0 Å². The Labute approximate surface area is 70.1 Å². The Kier molecular flexibility index (Phi) is 2.94. The van der Waals surface area contributed by atoms with Gasteiger partial charge in [-0.05, 0) is 18.3 Å². The summed E-state index contributed by atoms with van der Waals surface area (Å²) in [5, 5.41) is 0. The maximum absolute atomic E-state index is 5.77. The second-order valence-corrected chi connectivity index (χ2v) is 4.57. The molecular formula is C10H20O. The van der Waals surface area contributed by atoms with Gasteiger partial charge in [-0.3, -0.25) is 0 Å². The lowest BCUT2D eigenvalue weighted by Crippen LogP contribution is -2.28. The van der Waals surface area contributed by atoms with Crippen molar-refractivity contribution in [1.82, 2.24) is 0 Å². The molecule has 0 aromatic heterocycles. The Hall–Kier alpha value is -0.0400. The minimum atomic E-state index is 0.338. The first-order chi connectivity index (χ1) is 5.11. The minimum absolute atomic E-state index is 0.338. The third kappa shape index (κ3) is 2.82. The van der Waals surface area contributed by atoms with E-state index in [1.165, 1.54) is 25.7 Å². The van der Waals surface area contributed by atoms with Crippen LogP contribution in [0.5, 0.6) is 0 Å². The van der Waals surface area contributed by atoms with E-state index >= 15 is 0 Å². The molecule has 0 aromatic rings. The second-order valence-electron chi connectivity index (χ2n) is 4.57. The van der Waals surface area contributed by atoms with E-state index in [2.05, 4.69) is 20.8 Å². The topological polar surface area (TPSA) is 9.23 Å². The van der Waals surface area contributed by atoms with Crippen molar-refractivity contribution >= 4 is 0 Å². The monoisotopic (exact) mass is 156 g/mol. The van der Waals surface area contributed by atoms with Gasteiger partial charge in [-0.1, -0.05) is 33.6 Å². The number of hydrogen-bond donors (Lipinski definition) is 0. The van der Waals surface area contributed by atoms with Crippen LogP contribution in [0.15, 0.2) is 0 Å². The lowest BCUT2D eigenvalue weighted by molar-refractivity contribution is -0.0137. The zero-order valence-electron chi connectivity index (χ0n) is 8.02. The van der Waals surface area contributed by atoms with Crippen molar-refractivity contribution < 1.29 is 4.74 Å². The largest absolute Gasteiger partial charge is 0.378 e. The summed E-state index contributed by atoms with van der Waals surface area (Å²) in [6.45, 7) is 7.77. The highest BCUT2D eigenvalue weighted by Crippen LogP contribution is 2.28. The van der Waals surface area contributed by atoms with E-state index < -0.39 is 0 Å². The first-order valence-corrected chi connectivity index (χ1v) is 4.72. The molecule has 1 rings (SSSR count). The molecule has 1 aliphatic heterocycles. The van der Waals surface area contributed by atoms with Gasteiger partial charge < -0.3 is 4.74 Å². The zero-order chi connectivity index (χ0) is 8.32. The summed E-state index contributed by atoms with van der Waals surface area (Å²) in [4.78, 5) is 0. The Morgan fingerprint density at radius 2 is 1.82 bits per heavy atom. The fraction of sp³-hybridized carbons (Fsp3) is 1.00. The molecule has 0 amide bonds. The molecule has 1 aliphatic rings. The number of ether oxygens (including phenoxy) is 1. The van der Waals surface area contributed by atoms with Crippen LogP contribution in [0, 0.1) is 5.41 Å². The Balaban J connectivity index is 2.43. The summed E-state index contributed by atoms with van der Waals surface area (Å²) in [6, 6.07) is 0. The lowest BCUT2D eigenvalue weighted by atomic mass is 9.86. The van der Waals surface area contributed by atoms with Crippen LogP contribution >= 0.6 is 0 Å². The Morgan fingerprint density at radius 1 is 1.09 bits per heavy atom. The zero-order valence-corrected chi connectivity index (χ0v) is 8.02. The maximum Gasteiger partial charge on any atom is 0.0623 e. The van der Waals surface area contributed by atoms with Crippen LogP contribution in [0.1, 0.15) is 46.5 Å². The molecule has 0 spiro atoms. The summed E-state index contributed by atoms with van der Waals surface area (Å²) in [5.74, 6) is 0. The Bertz CT molecular complexity index is 105. The molecule has 0 saturated carbocycles. The first kappa shape index (κ1) is 9.05. The molecule has 1 fully saturated rings. The molecule has 1 heterocycles. The standard InChI is InChI=1S/C10H20O/c1-10(2,3)9-7-5-4-6-8-11-9/h9H,4-8H2,1-3H3. The van der Waals surface area contributed by atoms with Crippen molar-refractivity contribution in [3.8, 4) is 0 Å². The van der Waals surface area contributed by atoms with Crippen molar-refractivity contribution in [3.05, 3.63) is 0 Å². The van der Waals surface area contributed by atoms with Crippen LogP contribution in [0.3, 0.4) is 0 Å². The summed E-state index contributed by atoms with van der Waals surface area (Å²) in [5.41, 5.74) is 0.338. The van der Waals surface area contributed by atoms with Crippen molar-refractivity contribution in [3.63, 3.8) is 0 Å². The summed E-state index contributed by atoms with van der Waals surface area (Å²) in [6.07, 6.45) is 5.70. The van der Waals surface area contributed by atoms with E-state index in [0.717, 1.165) is 6.61 Å². The van der Waals surface area contributed by atoms with E-state index in [4.69, 9.17) is 4.74 Å². The molecule has 1 heteroatoms. The fourth-order valence-electron chi connectivity index (χ4n) is 1.60. The van der Waals surface area contributed by atoms with Crippen molar-refractivity contribution in [1.29, 1.82) is 0 Å². The minimum Gasteiger partial charge on any atom is -0.378 e. The highest BCUT2D eigenvalue weighted by Gasteiger charge is 2.25. The molecule has 1 unspecified atom stereocenters. The molecule has 1 saturated heterocycles. The maximum atomic E-state index is 5.77. The van der Waals surface area contributed by atoms with Crippen LogP contribution in [-0.2, 0) is 4.74 Å². The molecule has 1 atom stereocenters. The van der Waals surface area contributed by atoms with Gasteiger partial charge in [0.2, 0.25) is 0 Å². The predicted molar refractivity (Wildman–Crippen MR) is 47.7 cm³/mol. The first-order valence-electron chi connectivity index (χ1n) is 4.72. The van der Waals surface area contributed by atoms with Crippen molar-refractivity contribution in [2.75, 3.05) is 6.61 Å². The SMILES string of the molecule is CC(C)(C)C1CCCCCO1. The van der Waals surface area contributed by atoms with Gasteiger partial charge in [0.25, 0.3) is 0 Å². The van der Waals surface area contributed by atoms with E-state index in [0.29, 0.717) is 11.5 Å². The van der Waals surface area contributed by atoms with Crippen molar-refractivity contribution in [2.24, 2.45) is 5.41 Å². The number of rotatable bonds is 0. The lowest BCUT2D eigenvalue weighted by Gasteiger charge is -2.29. The molecule has 0 aromatic carbocycles. The molecule has 11 heavy (non-hydrogen) atoms. The second kappa shape index (κ2) is 3.57. The fourth-order valence-corrected chi connectivity index (χ4v) is 1.60. The van der Waals surface area contributed by atoms with Gasteiger partial charge in [0, 0.05) is 6.61 Å². The van der Waals surface area contributed by atoms with E-state index in [1.807, 2.05) is 0 Å². The molecule has 66 valence electrons. The van der Waals surface area contributed by atoms with Crippen LogP contribution in [0.4, 0.5) is 0 Å². The highest BCUT2D eigenvalue weighted by molar-refractivity contribution is 4.75. The van der Waals surface area contributed by atoms with Gasteiger partial charge >= 0.3 is 0 Å². The molecule has 0 aliphatic carbocycles. The van der Waals surface area contributed by atoms with Crippen LogP contribution in [-0.4, -0.2) is 12.7 Å². The summed E-state index contributed by atoms with van der Waals surface area (Å²) >= 11 is 0. The third-order valence-corrected chi connectivity index (χ3v) is 2.40. The molecule has 0 N–H and O–H groups in total. The number of hydrogen-bond acceptors (Lipinski definition) is 1. The average Bonchev–Trinajstić information content (AvgIpc) is 2.10. The third-order valence-electron chi connectivity index (χ3n) is 2.40. The van der Waals surface area contributed by atoms with Gasteiger partial charge in [0.1, 0.15) is 0 Å². The molecular weight excluding hydrogens is 136 g/mol. The van der Waals surface area contributed by atoms with E-state index in [-0.39, 0.29) is 0 Å². The molecule has 0 bridgehead atoms. The van der Waals surface area contributed by atoms with Crippen molar-refractivity contribution in [2.45, 2.75) is 52.6 Å². The van der Waals surface area contributed by atoms with Gasteiger partial charge in [-0.25, -0.2) is 0 Å². The van der Waals surface area contributed by atoms with Gasteiger partial charge in [-0.2, -0.15) is 0 Å². The van der Waals surface area contributed by atoms with E-state index in [1.54, 1.807) is 0 Å². The van der Waals surface area contributed by atoms with Crippen LogP contribution in [0.25, 0.3) is 0 Å². The van der Waals surface area contributed by atoms with Gasteiger partial charge in [-0.15, -0.1) is 0 Å². The quantitative estimate of drug-likeness (QED) is 0.524. The normalized spacial score (nSPS) is 28.1. The summed E-state index contributed by atoms with van der Waals surface area (Å²) < 4.78 is 5.77. The Morgan fingerprint density at radius 3 is 2.45 bits per heavy atom. The smallest absolute Gasteiger partial charge is 0.0623 e. The highest BCUT2D eigenvalue weighted by atomic mass is 16.5. The summed E-state index contributed by atoms with van der Waals surface area (Å²) in [7, 11) is 0. The van der Waals surface area contributed by atoms with Gasteiger partial charge in [0.05, 0.1) is 6.10 Å². The molecule has 1 nitrogen and oxygen atoms in total. The predicted octanol–water partition coefficient (Wildman–Crippen LogP) is 2.99.